The highest BCUT2D eigenvalue weighted by Crippen LogP contribution is 2.21. The maximum Gasteiger partial charge on any atom is 0.263 e. The van der Waals surface area contributed by atoms with Gasteiger partial charge in [0.05, 0.1) is 12.0 Å². The lowest BCUT2D eigenvalue weighted by atomic mass is 10.4. The van der Waals surface area contributed by atoms with Crippen molar-refractivity contribution in [3.8, 4) is 5.75 Å². The van der Waals surface area contributed by atoms with E-state index in [2.05, 4.69) is 15.5 Å². The number of nitrogens with zero attached hydrogens (tertiary/aromatic N) is 1. The Morgan fingerprint density at radius 1 is 1.55 bits per heavy atom. The molecular weight excluding hydrogens is 286 g/mol. The van der Waals surface area contributed by atoms with Gasteiger partial charge in [0.15, 0.2) is 12.4 Å². The monoisotopic (exact) mass is 297 g/mol. The summed E-state index contributed by atoms with van der Waals surface area (Å²) in [5, 5.41) is 9.25. The zero-order valence-corrected chi connectivity index (χ0v) is 11.6. The van der Waals surface area contributed by atoms with Crippen molar-refractivity contribution < 1.29 is 13.9 Å². The van der Waals surface area contributed by atoms with Crippen LogP contribution in [0.4, 0.5) is 5.82 Å². The van der Waals surface area contributed by atoms with Crippen LogP contribution >= 0.6 is 11.6 Å². The minimum Gasteiger partial charge on any atom is -0.476 e. The summed E-state index contributed by atoms with van der Waals surface area (Å²) in [5.74, 6) is 0.0431. The van der Waals surface area contributed by atoms with E-state index in [1.165, 1.54) is 12.3 Å². The number of carbonyl (C=O) groups excluding carboxylic acids is 1. The lowest BCUT2D eigenvalue weighted by Crippen LogP contribution is -2.22. The van der Waals surface area contributed by atoms with Gasteiger partial charge in [-0.25, -0.2) is 0 Å². The Hall–Kier alpha value is -2.28. The molecule has 0 saturated heterocycles. The topological polar surface area (TPSA) is 97.2 Å². The molecule has 0 fully saturated rings. The molecule has 0 atom stereocenters. The summed E-state index contributed by atoms with van der Waals surface area (Å²) >= 11 is 5.91. The van der Waals surface area contributed by atoms with Crippen molar-refractivity contribution in [3.05, 3.63) is 39.0 Å². The Bertz CT molecular complexity index is 692. The minimum atomic E-state index is -0.485. The minimum absolute atomic E-state index is 0.00644. The number of anilines is 1. The molecule has 2 heterocycles. The number of aryl methyl sites for hydroxylation is 2. The molecule has 0 radical (unpaired) electrons. The largest absolute Gasteiger partial charge is 0.476 e. The number of hydrogen-bond donors (Lipinski definition) is 2. The zero-order chi connectivity index (χ0) is 14.7. The lowest BCUT2D eigenvalue weighted by Gasteiger charge is -2.06. The number of amides is 1. The third kappa shape index (κ3) is 3.00. The smallest absolute Gasteiger partial charge is 0.263 e. The van der Waals surface area contributed by atoms with Crippen molar-refractivity contribution in [1.29, 1.82) is 0 Å². The normalized spacial score (nSPS) is 10.3. The fraction of sp³-hybridized carbons (Fsp3) is 0.250. The lowest BCUT2D eigenvalue weighted by molar-refractivity contribution is -0.118. The number of ether oxygens (including phenoxy) is 1. The molecule has 106 valence electrons. The van der Waals surface area contributed by atoms with Crippen LogP contribution in [0.5, 0.6) is 5.75 Å². The van der Waals surface area contributed by atoms with Crippen molar-refractivity contribution in [2.24, 2.45) is 0 Å². The highest BCUT2D eigenvalue weighted by molar-refractivity contribution is 6.34. The third-order valence-electron chi connectivity index (χ3n) is 2.49. The van der Waals surface area contributed by atoms with Crippen LogP contribution in [0.2, 0.25) is 5.02 Å². The molecule has 1 amide bonds. The molecule has 0 aliphatic carbocycles. The Balaban J connectivity index is 1.99. The van der Waals surface area contributed by atoms with E-state index in [0.717, 1.165) is 0 Å². The van der Waals surface area contributed by atoms with Crippen LogP contribution in [-0.2, 0) is 4.79 Å². The molecule has 0 aliphatic heterocycles. The second-order valence-corrected chi connectivity index (χ2v) is 4.40. The van der Waals surface area contributed by atoms with Crippen molar-refractivity contribution in [1.82, 2.24) is 10.2 Å². The average Bonchev–Trinajstić information content (AvgIpc) is 2.70. The maximum atomic E-state index is 11.7. The molecule has 0 saturated carbocycles. The van der Waals surface area contributed by atoms with Crippen LogP contribution in [0.3, 0.4) is 0 Å². The Kier molecular flexibility index (Phi) is 4.09. The van der Waals surface area contributed by atoms with Gasteiger partial charge in [-0.15, -0.1) is 0 Å². The first kappa shape index (κ1) is 14.1. The number of hydrogen-bond acceptors (Lipinski definition) is 5. The van der Waals surface area contributed by atoms with E-state index < -0.39 is 5.91 Å². The van der Waals surface area contributed by atoms with Crippen LogP contribution < -0.4 is 15.5 Å². The second-order valence-electron chi connectivity index (χ2n) is 4.02. The number of aromatic nitrogens is 2. The SMILES string of the molecule is Cc1[nH]nc(NC(=O)COc2c(C)occc2=O)c1Cl. The van der Waals surface area contributed by atoms with Crippen molar-refractivity contribution in [3.63, 3.8) is 0 Å². The second kappa shape index (κ2) is 5.79. The fourth-order valence-corrected chi connectivity index (χ4v) is 1.61. The van der Waals surface area contributed by atoms with Gasteiger partial charge in [-0.05, 0) is 13.8 Å². The van der Waals surface area contributed by atoms with Crippen molar-refractivity contribution >= 4 is 23.3 Å². The highest BCUT2D eigenvalue weighted by atomic mass is 35.5. The molecule has 2 N–H and O–H groups in total. The van der Waals surface area contributed by atoms with Gasteiger partial charge in [0.2, 0.25) is 11.2 Å². The summed E-state index contributed by atoms with van der Waals surface area (Å²) in [4.78, 5) is 23.2. The van der Waals surface area contributed by atoms with E-state index in [0.29, 0.717) is 16.5 Å². The van der Waals surface area contributed by atoms with Gasteiger partial charge >= 0.3 is 0 Å². The Labute approximate surface area is 118 Å². The first-order valence-corrected chi connectivity index (χ1v) is 6.08. The maximum absolute atomic E-state index is 11.7. The highest BCUT2D eigenvalue weighted by Gasteiger charge is 2.13. The summed E-state index contributed by atoms with van der Waals surface area (Å²) < 4.78 is 10.2. The molecule has 20 heavy (non-hydrogen) atoms. The molecule has 2 aromatic rings. The van der Waals surface area contributed by atoms with E-state index in [-0.39, 0.29) is 23.6 Å². The number of rotatable bonds is 4. The van der Waals surface area contributed by atoms with E-state index in [9.17, 15) is 9.59 Å². The quantitative estimate of drug-likeness (QED) is 0.894. The van der Waals surface area contributed by atoms with Crippen LogP contribution in [0, 0.1) is 13.8 Å². The number of nitrogens with one attached hydrogen (secondary N) is 2. The predicted octanol–water partition coefficient (Wildman–Crippen LogP) is 1.65. The van der Waals surface area contributed by atoms with E-state index in [4.69, 9.17) is 20.8 Å². The average molecular weight is 298 g/mol. The van der Waals surface area contributed by atoms with Gasteiger partial charge in [-0.1, -0.05) is 11.6 Å². The van der Waals surface area contributed by atoms with Gasteiger partial charge in [-0.3, -0.25) is 14.7 Å². The summed E-state index contributed by atoms with van der Waals surface area (Å²) in [5.41, 5.74) is 0.289. The van der Waals surface area contributed by atoms with Gasteiger partial charge < -0.3 is 14.5 Å². The molecular formula is C12H12ClN3O4. The molecule has 0 spiro atoms. The molecule has 8 heteroatoms. The predicted molar refractivity (Wildman–Crippen MR) is 72.2 cm³/mol. The standard InChI is InChI=1S/C12H12ClN3O4/c1-6-10(13)12(16-15-6)14-9(18)5-20-11-7(2)19-4-3-8(11)17/h3-4H,5H2,1-2H3,(H2,14,15,16,18). The van der Waals surface area contributed by atoms with E-state index in [1.54, 1.807) is 13.8 Å². The molecule has 0 unspecified atom stereocenters. The molecule has 2 rings (SSSR count). The Morgan fingerprint density at radius 2 is 2.30 bits per heavy atom. The summed E-state index contributed by atoms with van der Waals surface area (Å²) in [7, 11) is 0. The van der Waals surface area contributed by atoms with E-state index in [1.807, 2.05) is 0 Å². The van der Waals surface area contributed by atoms with Crippen LogP contribution in [0.1, 0.15) is 11.5 Å². The number of halogens is 1. The zero-order valence-electron chi connectivity index (χ0n) is 10.8. The van der Waals surface area contributed by atoms with Crippen LogP contribution in [0.15, 0.2) is 21.5 Å². The first-order valence-electron chi connectivity index (χ1n) is 5.70. The van der Waals surface area contributed by atoms with Gasteiger partial charge in [0.25, 0.3) is 5.91 Å². The van der Waals surface area contributed by atoms with Crippen LogP contribution in [-0.4, -0.2) is 22.7 Å². The number of carbonyl (C=O) groups is 1. The molecule has 0 aromatic carbocycles. The van der Waals surface area contributed by atoms with Crippen molar-refractivity contribution in [2.75, 3.05) is 11.9 Å². The van der Waals surface area contributed by atoms with Crippen molar-refractivity contribution in [2.45, 2.75) is 13.8 Å². The van der Waals surface area contributed by atoms with E-state index >= 15 is 0 Å². The summed E-state index contributed by atoms with van der Waals surface area (Å²) in [6.07, 6.45) is 1.26. The third-order valence-corrected chi connectivity index (χ3v) is 2.95. The molecule has 7 nitrogen and oxygen atoms in total. The van der Waals surface area contributed by atoms with Crippen LogP contribution in [0.25, 0.3) is 0 Å². The first-order chi connectivity index (χ1) is 9.49. The Morgan fingerprint density at radius 3 is 2.90 bits per heavy atom. The number of aromatic amines is 1. The van der Waals surface area contributed by atoms with Gasteiger partial charge in [0, 0.05) is 6.07 Å². The molecule has 0 aliphatic rings. The molecule has 2 aromatic heterocycles. The summed E-state index contributed by atoms with van der Waals surface area (Å²) in [6.45, 7) is 2.94. The summed E-state index contributed by atoms with van der Waals surface area (Å²) in [6, 6.07) is 1.22. The molecule has 0 bridgehead atoms. The van der Waals surface area contributed by atoms with Gasteiger partial charge in [0.1, 0.15) is 10.8 Å². The van der Waals surface area contributed by atoms with Gasteiger partial charge in [-0.2, -0.15) is 5.10 Å². The fourth-order valence-electron chi connectivity index (χ4n) is 1.48. The number of H-pyrrole nitrogens is 1.